The zero-order valence-corrected chi connectivity index (χ0v) is 15.5. The normalized spacial score (nSPS) is 13.4. The first-order chi connectivity index (χ1) is 13.4. The van der Waals surface area contributed by atoms with Gasteiger partial charge in [0.2, 0.25) is 5.91 Å². The summed E-state index contributed by atoms with van der Waals surface area (Å²) in [4.78, 5) is 49.5. The van der Waals surface area contributed by atoms with Crippen molar-refractivity contribution in [2.45, 2.75) is 45.3 Å². The van der Waals surface area contributed by atoms with E-state index in [4.69, 9.17) is 0 Å². The van der Waals surface area contributed by atoms with Crippen molar-refractivity contribution in [3.63, 3.8) is 0 Å². The number of fused-ring (bicyclic) bond motifs is 1. The van der Waals surface area contributed by atoms with Crippen molar-refractivity contribution in [2.24, 2.45) is 0 Å². The highest BCUT2D eigenvalue weighted by molar-refractivity contribution is 5.87. The number of hydrogen-bond donors (Lipinski definition) is 1. The second-order valence-corrected chi connectivity index (χ2v) is 6.78. The first-order valence-corrected chi connectivity index (χ1v) is 9.02. The van der Waals surface area contributed by atoms with E-state index in [2.05, 4.69) is 5.32 Å². The molecule has 1 aliphatic heterocycles. The Kier molecular flexibility index (Phi) is 5.54. The van der Waals surface area contributed by atoms with Gasteiger partial charge in [-0.2, -0.15) is 5.26 Å². The number of carbonyl (C=O) groups is 2. The Labute approximate surface area is 161 Å². The van der Waals surface area contributed by atoms with Crippen LogP contribution in [0.5, 0.6) is 0 Å². The van der Waals surface area contributed by atoms with Crippen molar-refractivity contribution < 1.29 is 9.59 Å². The highest BCUT2D eigenvalue weighted by Gasteiger charge is 2.24. The van der Waals surface area contributed by atoms with Crippen LogP contribution in [0.2, 0.25) is 0 Å². The molecule has 0 aliphatic carbocycles. The Morgan fingerprint density at radius 2 is 1.96 bits per heavy atom. The fraction of sp³-hybridized carbons (Fsp3) is 0.350. The smallest absolute Gasteiger partial charge is 0.331 e. The average molecular weight is 380 g/mol. The maximum absolute atomic E-state index is 12.6. The number of nitrogens with zero attached hydrogens (tertiary/aromatic N) is 3. The molecule has 2 heterocycles. The minimum absolute atomic E-state index is 0.0997. The number of hydrogen-bond acceptors (Lipinski definition) is 5. The molecule has 1 aliphatic rings. The Morgan fingerprint density at radius 3 is 2.61 bits per heavy atom. The summed E-state index contributed by atoms with van der Waals surface area (Å²) in [6.07, 6.45) is 1.47. The summed E-state index contributed by atoms with van der Waals surface area (Å²) in [7, 11) is 0. The number of aromatic nitrogens is 2. The fourth-order valence-corrected chi connectivity index (χ4v) is 3.42. The van der Waals surface area contributed by atoms with Gasteiger partial charge in [0, 0.05) is 12.2 Å². The molecule has 0 saturated carbocycles. The van der Waals surface area contributed by atoms with Gasteiger partial charge in [0.05, 0.1) is 6.04 Å². The van der Waals surface area contributed by atoms with Crippen LogP contribution in [-0.2, 0) is 35.5 Å². The van der Waals surface area contributed by atoms with E-state index in [0.717, 1.165) is 10.1 Å². The first-order valence-electron chi connectivity index (χ1n) is 9.02. The predicted octanol–water partition coefficient (Wildman–Crippen LogP) is 0.144. The Bertz CT molecular complexity index is 1080. The zero-order chi connectivity index (χ0) is 20.3. The highest BCUT2D eigenvalue weighted by Crippen LogP contribution is 2.13. The number of Topliss-reactive ketones (excluding diaryl/α,β-unsaturated/α-hetero) is 1. The largest absolute Gasteiger partial charge is 0.344 e. The van der Waals surface area contributed by atoms with Crippen molar-refractivity contribution in [2.75, 3.05) is 0 Å². The quantitative estimate of drug-likeness (QED) is 0.766. The summed E-state index contributed by atoms with van der Waals surface area (Å²) < 4.78 is 2.14. The van der Waals surface area contributed by atoms with Crippen LogP contribution in [0.25, 0.3) is 0 Å². The summed E-state index contributed by atoms with van der Waals surface area (Å²) in [6.45, 7) is 1.25. The molecule has 2 aromatic rings. The molecule has 28 heavy (non-hydrogen) atoms. The van der Waals surface area contributed by atoms with Gasteiger partial charge in [-0.3, -0.25) is 19.0 Å². The number of ketones is 1. The van der Waals surface area contributed by atoms with E-state index >= 15 is 0 Å². The maximum Gasteiger partial charge on any atom is 0.331 e. The molecule has 1 atom stereocenters. The molecule has 1 N–H and O–H groups in total. The Balaban J connectivity index is 1.83. The zero-order valence-electron chi connectivity index (χ0n) is 15.5. The van der Waals surface area contributed by atoms with Gasteiger partial charge in [-0.15, -0.1) is 0 Å². The van der Waals surface area contributed by atoms with Gasteiger partial charge in [0.25, 0.3) is 5.56 Å². The van der Waals surface area contributed by atoms with Crippen LogP contribution >= 0.6 is 0 Å². The SMILES string of the molecule is CC(=O)[C@H](Cc1ccccc1)NC(=O)Cn1c(=O)c(C#N)c2n(c1=O)CCC2. The molecule has 0 saturated heterocycles. The molecule has 1 amide bonds. The Hall–Kier alpha value is -3.47. The lowest BCUT2D eigenvalue weighted by atomic mass is 10.0. The lowest BCUT2D eigenvalue weighted by molar-refractivity contribution is -0.127. The van der Waals surface area contributed by atoms with E-state index in [1.54, 1.807) is 0 Å². The van der Waals surface area contributed by atoms with Gasteiger partial charge in [0.1, 0.15) is 18.2 Å². The average Bonchev–Trinajstić information content (AvgIpc) is 3.15. The molecule has 0 spiro atoms. The number of rotatable bonds is 6. The number of carbonyl (C=O) groups excluding carboxylic acids is 2. The Morgan fingerprint density at radius 1 is 1.25 bits per heavy atom. The standard InChI is InChI=1S/C20H20N4O4/c1-13(25)16(10-14-6-3-2-4-7-14)22-18(26)12-24-19(27)15(11-21)17-8-5-9-23(17)20(24)28/h2-4,6-7,16H,5,8-10,12H2,1H3,(H,22,26)/t16-/m0/s1. The lowest BCUT2D eigenvalue weighted by Crippen LogP contribution is -2.48. The summed E-state index contributed by atoms with van der Waals surface area (Å²) in [6, 6.07) is 10.3. The van der Waals surface area contributed by atoms with Crippen LogP contribution in [0.1, 0.15) is 30.2 Å². The molecule has 8 heteroatoms. The van der Waals surface area contributed by atoms with Crippen LogP contribution in [0, 0.1) is 11.3 Å². The van der Waals surface area contributed by atoms with E-state index in [-0.39, 0.29) is 11.3 Å². The third kappa shape index (κ3) is 3.78. The molecule has 8 nitrogen and oxygen atoms in total. The monoisotopic (exact) mass is 380 g/mol. The van der Waals surface area contributed by atoms with Gasteiger partial charge >= 0.3 is 5.69 Å². The van der Waals surface area contributed by atoms with Crippen LogP contribution in [-0.4, -0.2) is 26.9 Å². The summed E-state index contributed by atoms with van der Waals surface area (Å²) in [5.41, 5.74) is -0.158. The predicted molar refractivity (Wildman–Crippen MR) is 101 cm³/mol. The third-order valence-electron chi connectivity index (χ3n) is 4.85. The molecule has 0 unspecified atom stereocenters. The molecule has 0 bridgehead atoms. The molecule has 0 fully saturated rings. The molecule has 144 valence electrons. The minimum atomic E-state index is -0.766. The van der Waals surface area contributed by atoms with E-state index in [0.29, 0.717) is 31.5 Å². The number of amides is 1. The van der Waals surface area contributed by atoms with E-state index < -0.39 is 29.7 Å². The number of nitriles is 1. The first kappa shape index (κ1) is 19.3. The highest BCUT2D eigenvalue weighted by atomic mass is 16.2. The van der Waals surface area contributed by atoms with Crippen molar-refractivity contribution >= 4 is 11.7 Å². The van der Waals surface area contributed by atoms with Gasteiger partial charge in [-0.25, -0.2) is 9.36 Å². The van der Waals surface area contributed by atoms with Gasteiger partial charge < -0.3 is 5.32 Å². The summed E-state index contributed by atoms with van der Waals surface area (Å²) in [5.74, 6) is -0.856. The van der Waals surface area contributed by atoms with E-state index in [1.807, 2.05) is 36.4 Å². The maximum atomic E-state index is 12.6. The summed E-state index contributed by atoms with van der Waals surface area (Å²) >= 11 is 0. The van der Waals surface area contributed by atoms with Crippen LogP contribution in [0.4, 0.5) is 0 Å². The van der Waals surface area contributed by atoms with Crippen LogP contribution < -0.4 is 16.6 Å². The second kappa shape index (κ2) is 8.05. The fourth-order valence-electron chi connectivity index (χ4n) is 3.42. The van der Waals surface area contributed by atoms with Gasteiger partial charge in [0.15, 0.2) is 5.78 Å². The van der Waals surface area contributed by atoms with Gasteiger partial charge in [-0.05, 0) is 31.7 Å². The molecular formula is C20H20N4O4. The lowest BCUT2D eigenvalue weighted by Gasteiger charge is -2.17. The van der Waals surface area contributed by atoms with E-state index in [9.17, 15) is 24.4 Å². The molecule has 3 rings (SSSR count). The molecule has 1 aromatic heterocycles. The van der Waals surface area contributed by atoms with Crippen molar-refractivity contribution in [3.8, 4) is 6.07 Å². The molecule has 1 aromatic carbocycles. The van der Waals surface area contributed by atoms with Crippen LogP contribution in [0.15, 0.2) is 39.9 Å². The van der Waals surface area contributed by atoms with Crippen molar-refractivity contribution in [1.82, 2.24) is 14.5 Å². The number of benzene rings is 1. The number of nitrogens with one attached hydrogen (secondary N) is 1. The minimum Gasteiger partial charge on any atom is -0.344 e. The van der Waals surface area contributed by atoms with Gasteiger partial charge in [-0.1, -0.05) is 30.3 Å². The second-order valence-electron chi connectivity index (χ2n) is 6.78. The molecular weight excluding hydrogens is 360 g/mol. The van der Waals surface area contributed by atoms with Crippen molar-refractivity contribution in [3.05, 3.63) is 68.0 Å². The summed E-state index contributed by atoms with van der Waals surface area (Å²) in [5, 5.41) is 11.9. The van der Waals surface area contributed by atoms with Crippen LogP contribution in [0.3, 0.4) is 0 Å². The topological polar surface area (TPSA) is 114 Å². The third-order valence-corrected chi connectivity index (χ3v) is 4.85. The molecule has 0 radical (unpaired) electrons. The van der Waals surface area contributed by atoms with E-state index in [1.165, 1.54) is 11.5 Å². The van der Waals surface area contributed by atoms with Crippen molar-refractivity contribution in [1.29, 1.82) is 5.26 Å².